The van der Waals surface area contributed by atoms with E-state index in [0.29, 0.717) is 41.8 Å². The second-order valence-corrected chi connectivity index (χ2v) is 8.11. The van der Waals surface area contributed by atoms with Crippen LogP contribution in [0.2, 0.25) is 0 Å². The van der Waals surface area contributed by atoms with Crippen LogP contribution in [0.5, 0.6) is 23.0 Å². The number of urea groups is 1. The van der Waals surface area contributed by atoms with Gasteiger partial charge in [-0.1, -0.05) is 18.2 Å². The molecule has 0 aromatic heterocycles. The van der Waals surface area contributed by atoms with Gasteiger partial charge in [-0.2, -0.15) is 0 Å². The van der Waals surface area contributed by atoms with Gasteiger partial charge in [-0.25, -0.2) is 4.79 Å². The average molecular weight is 453 g/mol. The van der Waals surface area contributed by atoms with Crippen molar-refractivity contribution in [2.24, 2.45) is 0 Å². The Hall–Kier alpha value is -3.95. The lowest BCUT2D eigenvalue weighted by Crippen LogP contribution is -2.46. The molecule has 33 heavy (non-hydrogen) atoms. The Kier molecular flexibility index (Phi) is 5.20. The number of carbonyl (C=O) groups excluding carboxylic acids is 3. The van der Waals surface area contributed by atoms with Crippen LogP contribution < -0.4 is 29.6 Å². The van der Waals surface area contributed by atoms with Gasteiger partial charge in [0.25, 0.3) is 5.91 Å². The molecule has 1 saturated heterocycles. The van der Waals surface area contributed by atoms with Crippen LogP contribution in [0.15, 0.2) is 42.5 Å². The summed E-state index contributed by atoms with van der Waals surface area (Å²) < 4.78 is 22.5. The monoisotopic (exact) mass is 453 g/mol. The molecule has 0 saturated carbocycles. The number of benzene rings is 2. The second-order valence-electron chi connectivity index (χ2n) is 8.11. The van der Waals surface area contributed by atoms with Gasteiger partial charge >= 0.3 is 6.03 Å². The molecule has 2 N–H and O–H groups in total. The zero-order valence-corrected chi connectivity index (χ0v) is 18.0. The number of fused-ring (bicyclic) bond motifs is 2. The van der Waals surface area contributed by atoms with Crippen molar-refractivity contribution in [1.29, 1.82) is 0 Å². The number of imide groups is 1. The molecule has 10 heteroatoms. The van der Waals surface area contributed by atoms with Crippen molar-refractivity contribution >= 4 is 17.8 Å². The van der Waals surface area contributed by atoms with Gasteiger partial charge < -0.3 is 29.6 Å². The summed E-state index contributed by atoms with van der Waals surface area (Å²) in [6.07, 6.45) is -0.380. The summed E-state index contributed by atoms with van der Waals surface area (Å²) >= 11 is 0. The van der Waals surface area contributed by atoms with E-state index in [4.69, 9.17) is 18.9 Å². The van der Waals surface area contributed by atoms with Crippen molar-refractivity contribution in [3.63, 3.8) is 0 Å². The molecule has 2 aromatic rings. The van der Waals surface area contributed by atoms with E-state index in [-0.39, 0.29) is 19.3 Å². The molecule has 5 rings (SSSR count). The number of hydrogen-bond acceptors (Lipinski definition) is 7. The molecule has 10 nitrogen and oxygen atoms in total. The van der Waals surface area contributed by atoms with E-state index in [2.05, 4.69) is 10.6 Å². The zero-order valence-electron chi connectivity index (χ0n) is 18.0. The van der Waals surface area contributed by atoms with Gasteiger partial charge in [0.2, 0.25) is 5.91 Å². The molecule has 1 fully saturated rings. The molecule has 0 bridgehead atoms. The number of nitrogens with one attached hydrogen (secondary N) is 2. The van der Waals surface area contributed by atoms with Crippen molar-refractivity contribution in [2.75, 3.05) is 32.9 Å². The van der Waals surface area contributed by atoms with E-state index in [1.165, 1.54) is 0 Å². The van der Waals surface area contributed by atoms with Gasteiger partial charge in [0.1, 0.15) is 38.0 Å². The minimum atomic E-state index is -1.32. The third-order valence-electron chi connectivity index (χ3n) is 5.79. The van der Waals surface area contributed by atoms with E-state index in [1.807, 2.05) is 12.1 Å². The predicted octanol–water partition coefficient (Wildman–Crippen LogP) is 1.18. The Balaban J connectivity index is 1.21. The first-order valence-corrected chi connectivity index (χ1v) is 10.6. The maximum atomic E-state index is 13.1. The third-order valence-corrected chi connectivity index (χ3v) is 5.79. The quantitative estimate of drug-likeness (QED) is 0.654. The van der Waals surface area contributed by atoms with Crippen LogP contribution in [0, 0.1) is 0 Å². The highest BCUT2D eigenvalue weighted by Crippen LogP contribution is 2.37. The van der Waals surface area contributed by atoms with Crippen LogP contribution in [0.1, 0.15) is 12.5 Å². The molecule has 2 atom stereocenters. The maximum Gasteiger partial charge on any atom is 0.325 e. The van der Waals surface area contributed by atoms with E-state index >= 15 is 0 Å². The molecule has 0 aliphatic carbocycles. The summed E-state index contributed by atoms with van der Waals surface area (Å²) in [5.74, 6) is 1.34. The number of hydrogen-bond donors (Lipinski definition) is 2. The van der Waals surface area contributed by atoms with Gasteiger partial charge in [0, 0.05) is 0 Å². The molecule has 0 unspecified atom stereocenters. The summed E-state index contributed by atoms with van der Waals surface area (Å²) in [4.78, 5) is 39.1. The Morgan fingerprint density at radius 1 is 1.06 bits per heavy atom. The molecule has 0 spiro atoms. The number of rotatable bonds is 5. The van der Waals surface area contributed by atoms with E-state index in [1.54, 1.807) is 37.3 Å². The van der Waals surface area contributed by atoms with Gasteiger partial charge in [-0.05, 0) is 36.8 Å². The SMILES string of the molecule is C[C@@]1(c2ccc3c(c2)OCCO3)NC(=O)N(CC(=O)NC[C@H]2COc3ccccc3O2)C1=O. The van der Waals surface area contributed by atoms with Crippen LogP contribution in [-0.2, 0) is 15.1 Å². The molecule has 3 heterocycles. The molecule has 172 valence electrons. The minimum absolute atomic E-state index is 0.177. The normalized spacial score (nSPS) is 23.2. The lowest BCUT2D eigenvalue weighted by atomic mass is 9.91. The van der Waals surface area contributed by atoms with Crippen LogP contribution in [0.25, 0.3) is 0 Å². The van der Waals surface area contributed by atoms with Crippen molar-refractivity contribution in [1.82, 2.24) is 15.5 Å². The number of carbonyl (C=O) groups is 3. The third kappa shape index (κ3) is 3.88. The standard InChI is InChI=1S/C23H23N3O7/c1-23(14-6-7-17-19(10-14)31-9-8-30-17)21(28)26(22(29)25-23)12-20(27)24-11-15-13-32-16-4-2-3-5-18(16)33-15/h2-7,10,15H,8-9,11-13H2,1H3,(H,24,27)(H,25,29)/t15-,23-/m0/s1. The highest BCUT2D eigenvalue weighted by atomic mass is 16.6. The molecule has 3 aliphatic rings. The van der Waals surface area contributed by atoms with Crippen molar-refractivity contribution in [2.45, 2.75) is 18.6 Å². The summed E-state index contributed by atoms with van der Waals surface area (Å²) in [7, 11) is 0. The fourth-order valence-corrected chi connectivity index (χ4v) is 3.98. The highest BCUT2D eigenvalue weighted by molar-refractivity contribution is 6.09. The van der Waals surface area contributed by atoms with Crippen molar-refractivity contribution in [3.8, 4) is 23.0 Å². The zero-order chi connectivity index (χ0) is 23.0. The lowest BCUT2D eigenvalue weighted by Gasteiger charge is -2.27. The van der Waals surface area contributed by atoms with E-state index < -0.39 is 29.9 Å². The number of para-hydroxylation sites is 2. The van der Waals surface area contributed by atoms with Crippen LogP contribution in [0.3, 0.4) is 0 Å². The summed E-state index contributed by atoms with van der Waals surface area (Å²) in [5, 5.41) is 5.40. The Bertz CT molecular complexity index is 1120. The lowest BCUT2D eigenvalue weighted by molar-refractivity contribution is -0.134. The summed E-state index contributed by atoms with van der Waals surface area (Å²) in [6.45, 7) is 2.50. The molecular weight excluding hydrogens is 430 g/mol. The summed E-state index contributed by atoms with van der Waals surface area (Å²) in [5.41, 5.74) is -0.781. The Morgan fingerprint density at radius 3 is 2.61 bits per heavy atom. The van der Waals surface area contributed by atoms with Gasteiger partial charge in [-0.3, -0.25) is 14.5 Å². The first kappa shape index (κ1) is 20.9. The smallest absolute Gasteiger partial charge is 0.325 e. The molecule has 2 aromatic carbocycles. The Morgan fingerprint density at radius 2 is 1.79 bits per heavy atom. The topological polar surface area (TPSA) is 115 Å². The number of nitrogens with zero attached hydrogens (tertiary/aromatic N) is 1. The largest absolute Gasteiger partial charge is 0.486 e. The van der Waals surface area contributed by atoms with Crippen LogP contribution in [0.4, 0.5) is 4.79 Å². The first-order chi connectivity index (χ1) is 15.9. The first-order valence-electron chi connectivity index (χ1n) is 10.6. The number of amides is 4. The van der Waals surface area contributed by atoms with Gasteiger partial charge in [0.15, 0.2) is 23.0 Å². The maximum absolute atomic E-state index is 13.1. The molecule has 0 radical (unpaired) electrons. The fraction of sp³-hybridized carbons (Fsp3) is 0.348. The van der Waals surface area contributed by atoms with E-state index in [9.17, 15) is 14.4 Å². The molecular formula is C23H23N3O7. The van der Waals surface area contributed by atoms with Crippen molar-refractivity contribution < 1.29 is 33.3 Å². The minimum Gasteiger partial charge on any atom is -0.486 e. The van der Waals surface area contributed by atoms with Crippen LogP contribution in [-0.4, -0.2) is 61.8 Å². The molecule has 4 amide bonds. The van der Waals surface area contributed by atoms with Crippen molar-refractivity contribution in [3.05, 3.63) is 48.0 Å². The Labute approximate surface area is 189 Å². The van der Waals surface area contributed by atoms with Crippen LogP contribution >= 0.6 is 0 Å². The summed E-state index contributed by atoms with van der Waals surface area (Å²) in [6, 6.07) is 11.7. The fourth-order valence-electron chi connectivity index (χ4n) is 3.98. The van der Waals surface area contributed by atoms with Gasteiger partial charge in [0.05, 0.1) is 6.54 Å². The molecule has 3 aliphatic heterocycles. The number of ether oxygens (including phenoxy) is 4. The predicted molar refractivity (Wildman–Crippen MR) is 114 cm³/mol. The van der Waals surface area contributed by atoms with E-state index in [0.717, 1.165) is 4.90 Å². The second kappa shape index (κ2) is 8.19. The average Bonchev–Trinajstić information content (AvgIpc) is 3.06. The van der Waals surface area contributed by atoms with Gasteiger partial charge in [-0.15, -0.1) is 0 Å². The highest BCUT2D eigenvalue weighted by Gasteiger charge is 2.49.